The van der Waals surface area contributed by atoms with Crippen LogP contribution in [0.15, 0.2) is 65.1 Å². The lowest BCUT2D eigenvalue weighted by atomic mass is 10.2. The fourth-order valence-corrected chi connectivity index (χ4v) is 2.63. The first-order chi connectivity index (χ1) is 13.4. The first kappa shape index (κ1) is 19.5. The van der Waals surface area contributed by atoms with Crippen molar-refractivity contribution in [2.45, 2.75) is 0 Å². The molecule has 3 rings (SSSR count). The van der Waals surface area contributed by atoms with Gasteiger partial charge in [0, 0.05) is 31.4 Å². The van der Waals surface area contributed by atoms with Crippen molar-refractivity contribution in [2.75, 3.05) is 26.0 Å². The fourth-order valence-electron chi connectivity index (χ4n) is 2.40. The lowest BCUT2D eigenvalue weighted by Gasteiger charge is -2.12. The van der Waals surface area contributed by atoms with Crippen LogP contribution in [0.1, 0.15) is 10.6 Å². The zero-order valence-corrected chi connectivity index (χ0v) is 16.2. The monoisotopic (exact) mass is 398 g/mol. The van der Waals surface area contributed by atoms with Crippen molar-refractivity contribution in [3.8, 4) is 17.1 Å². The minimum atomic E-state index is -0.403. The Bertz CT molecular complexity index is 997. The maximum Gasteiger partial charge on any atom is 0.291 e. The van der Waals surface area contributed by atoms with E-state index in [4.69, 9.17) is 20.8 Å². The Labute approximate surface area is 167 Å². The molecule has 0 spiro atoms. The molecule has 28 heavy (non-hydrogen) atoms. The Morgan fingerprint density at radius 1 is 1.07 bits per heavy atom. The zero-order chi connectivity index (χ0) is 20.1. The van der Waals surface area contributed by atoms with Crippen LogP contribution < -0.4 is 10.1 Å². The Kier molecular flexibility index (Phi) is 6.01. The van der Waals surface area contributed by atoms with Gasteiger partial charge in [-0.15, -0.1) is 0 Å². The van der Waals surface area contributed by atoms with Crippen LogP contribution in [0.5, 0.6) is 5.75 Å². The molecule has 6 nitrogen and oxygen atoms in total. The normalized spacial score (nSPS) is 10.4. The van der Waals surface area contributed by atoms with Crippen molar-refractivity contribution in [3.63, 3.8) is 0 Å². The maximum absolute atomic E-state index is 12.5. The van der Waals surface area contributed by atoms with Crippen LogP contribution in [0, 0.1) is 0 Å². The number of ether oxygens (including phenoxy) is 1. The summed E-state index contributed by atoms with van der Waals surface area (Å²) >= 11 is 6.16. The van der Waals surface area contributed by atoms with Crippen molar-refractivity contribution in [3.05, 3.63) is 71.4 Å². The molecule has 0 atom stereocenters. The number of hydrogen-bond donors (Lipinski definition) is 1. The molecule has 2 amide bonds. The molecule has 0 aliphatic carbocycles. The Balaban J connectivity index is 1.68. The van der Waals surface area contributed by atoms with Gasteiger partial charge < -0.3 is 19.4 Å². The van der Waals surface area contributed by atoms with E-state index in [2.05, 4.69) is 5.32 Å². The second-order valence-electron chi connectivity index (χ2n) is 6.20. The van der Waals surface area contributed by atoms with Crippen LogP contribution in [0.3, 0.4) is 0 Å². The molecule has 1 aromatic heterocycles. The van der Waals surface area contributed by atoms with Crippen LogP contribution in [0.4, 0.5) is 5.69 Å². The molecular weight excluding hydrogens is 380 g/mol. The van der Waals surface area contributed by atoms with E-state index in [9.17, 15) is 9.59 Å². The SMILES string of the molecule is CN(C)C(=O)COc1cccc(NC(=O)c2ccc(-c3ccccc3Cl)o2)c1. The molecule has 0 saturated heterocycles. The number of nitrogens with one attached hydrogen (secondary N) is 1. The summed E-state index contributed by atoms with van der Waals surface area (Å²) in [6.45, 7) is -0.0796. The predicted octanol–water partition coefficient (Wildman–Crippen LogP) is 4.32. The van der Waals surface area contributed by atoms with Gasteiger partial charge in [-0.05, 0) is 36.4 Å². The minimum Gasteiger partial charge on any atom is -0.484 e. The fraction of sp³-hybridized carbons (Fsp3) is 0.143. The van der Waals surface area contributed by atoms with Gasteiger partial charge in [0.05, 0.1) is 5.02 Å². The van der Waals surface area contributed by atoms with Gasteiger partial charge in [0.15, 0.2) is 12.4 Å². The highest BCUT2D eigenvalue weighted by Crippen LogP contribution is 2.29. The highest BCUT2D eigenvalue weighted by Gasteiger charge is 2.14. The molecule has 1 heterocycles. The van der Waals surface area contributed by atoms with Gasteiger partial charge in [0.25, 0.3) is 11.8 Å². The third kappa shape index (κ3) is 4.72. The number of amides is 2. The molecule has 1 N–H and O–H groups in total. The molecule has 0 aliphatic heterocycles. The van der Waals surface area contributed by atoms with Gasteiger partial charge in [-0.3, -0.25) is 9.59 Å². The maximum atomic E-state index is 12.5. The standard InChI is InChI=1S/C21H19ClN2O4/c1-24(2)20(25)13-27-15-7-5-6-14(12-15)23-21(26)19-11-10-18(28-19)16-8-3-4-9-17(16)22/h3-12H,13H2,1-2H3,(H,23,26). The van der Waals surface area contributed by atoms with Gasteiger partial charge >= 0.3 is 0 Å². The van der Waals surface area contributed by atoms with Crippen LogP contribution >= 0.6 is 11.6 Å². The molecule has 0 radical (unpaired) electrons. The van der Waals surface area contributed by atoms with Crippen molar-refractivity contribution in [1.82, 2.24) is 4.90 Å². The number of benzene rings is 2. The first-order valence-corrected chi connectivity index (χ1v) is 8.91. The summed E-state index contributed by atoms with van der Waals surface area (Å²) in [7, 11) is 3.31. The number of likely N-dealkylation sites (N-methyl/N-ethyl adjacent to an activating group) is 1. The molecule has 2 aromatic carbocycles. The second kappa shape index (κ2) is 8.63. The average Bonchev–Trinajstić information content (AvgIpc) is 3.17. The predicted molar refractivity (Wildman–Crippen MR) is 108 cm³/mol. The van der Waals surface area contributed by atoms with Crippen LogP contribution in [-0.2, 0) is 4.79 Å². The van der Waals surface area contributed by atoms with Gasteiger partial charge in [-0.2, -0.15) is 0 Å². The lowest BCUT2D eigenvalue weighted by Crippen LogP contribution is -2.27. The quantitative estimate of drug-likeness (QED) is 0.671. The van der Waals surface area contributed by atoms with E-state index in [1.54, 1.807) is 56.6 Å². The van der Waals surface area contributed by atoms with Crippen LogP contribution in [0.2, 0.25) is 5.02 Å². The first-order valence-electron chi connectivity index (χ1n) is 8.53. The van der Waals surface area contributed by atoms with E-state index in [-0.39, 0.29) is 18.3 Å². The summed E-state index contributed by atoms with van der Waals surface area (Å²) in [6.07, 6.45) is 0. The average molecular weight is 399 g/mol. The van der Waals surface area contributed by atoms with E-state index in [1.165, 1.54) is 4.90 Å². The molecule has 3 aromatic rings. The molecule has 7 heteroatoms. The number of carbonyl (C=O) groups excluding carboxylic acids is 2. The molecule has 144 valence electrons. The number of halogens is 1. The number of carbonyl (C=O) groups is 2. The summed E-state index contributed by atoms with van der Waals surface area (Å²) in [4.78, 5) is 25.5. The molecule has 0 aliphatic rings. The number of hydrogen-bond acceptors (Lipinski definition) is 4. The third-order valence-electron chi connectivity index (χ3n) is 3.92. The number of rotatable bonds is 6. The van der Waals surface area contributed by atoms with Crippen molar-refractivity contribution >= 4 is 29.1 Å². The largest absolute Gasteiger partial charge is 0.484 e. The molecule has 0 unspecified atom stereocenters. The lowest BCUT2D eigenvalue weighted by molar-refractivity contribution is -0.130. The van der Waals surface area contributed by atoms with E-state index >= 15 is 0 Å². The summed E-state index contributed by atoms with van der Waals surface area (Å²) in [6, 6.07) is 17.3. The molecule has 0 bridgehead atoms. The second-order valence-corrected chi connectivity index (χ2v) is 6.61. The van der Waals surface area contributed by atoms with Crippen molar-refractivity contribution in [2.24, 2.45) is 0 Å². The highest BCUT2D eigenvalue weighted by molar-refractivity contribution is 6.33. The summed E-state index contributed by atoms with van der Waals surface area (Å²) in [5, 5.41) is 3.29. The van der Waals surface area contributed by atoms with Gasteiger partial charge in [0.2, 0.25) is 0 Å². The summed E-state index contributed by atoms with van der Waals surface area (Å²) in [5.74, 6) is 0.584. The molecule has 0 fully saturated rings. The van der Waals surface area contributed by atoms with Crippen LogP contribution in [0.25, 0.3) is 11.3 Å². The zero-order valence-electron chi connectivity index (χ0n) is 15.4. The van der Waals surface area contributed by atoms with Gasteiger partial charge in [-0.1, -0.05) is 29.8 Å². The number of anilines is 1. The van der Waals surface area contributed by atoms with E-state index in [0.717, 1.165) is 0 Å². The summed E-state index contributed by atoms with van der Waals surface area (Å²) in [5.41, 5.74) is 1.24. The van der Waals surface area contributed by atoms with E-state index in [1.807, 2.05) is 18.2 Å². The van der Waals surface area contributed by atoms with Crippen molar-refractivity contribution < 1.29 is 18.7 Å². The van der Waals surface area contributed by atoms with Gasteiger partial charge in [-0.25, -0.2) is 0 Å². The highest BCUT2D eigenvalue weighted by atomic mass is 35.5. The van der Waals surface area contributed by atoms with E-state index in [0.29, 0.717) is 27.8 Å². The topological polar surface area (TPSA) is 71.8 Å². The number of nitrogens with zero attached hydrogens (tertiary/aromatic N) is 1. The van der Waals surface area contributed by atoms with Crippen LogP contribution in [-0.4, -0.2) is 37.4 Å². The Hall–Kier alpha value is -3.25. The van der Waals surface area contributed by atoms with E-state index < -0.39 is 5.91 Å². The smallest absolute Gasteiger partial charge is 0.291 e. The van der Waals surface area contributed by atoms with Gasteiger partial charge in [0.1, 0.15) is 11.5 Å². The van der Waals surface area contributed by atoms with Crippen molar-refractivity contribution in [1.29, 1.82) is 0 Å². The third-order valence-corrected chi connectivity index (χ3v) is 4.25. The Morgan fingerprint density at radius 3 is 2.61 bits per heavy atom. The molecule has 0 saturated carbocycles. The summed E-state index contributed by atoms with van der Waals surface area (Å²) < 4.78 is 11.1. The number of furan rings is 1. The minimum absolute atomic E-state index is 0.0796. The molecular formula is C21H19ClN2O4. The Morgan fingerprint density at radius 2 is 1.86 bits per heavy atom.